The summed E-state index contributed by atoms with van der Waals surface area (Å²) in [6.45, 7) is 5.76. The Morgan fingerprint density at radius 2 is 1.94 bits per heavy atom. The second kappa shape index (κ2) is 8.22. The summed E-state index contributed by atoms with van der Waals surface area (Å²) >= 11 is 0. The van der Waals surface area contributed by atoms with E-state index in [1.54, 1.807) is 18.5 Å². The molecular weight excluding hydrogens is 435 g/mol. The molecule has 0 aliphatic rings. The van der Waals surface area contributed by atoms with Crippen molar-refractivity contribution in [3.63, 3.8) is 0 Å². The molecule has 1 atom stereocenters. The highest BCUT2D eigenvalue weighted by atomic mass is 19.1. The van der Waals surface area contributed by atoms with Crippen molar-refractivity contribution in [2.75, 3.05) is 0 Å². The van der Waals surface area contributed by atoms with Gasteiger partial charge in [0.2, 0.25) is 0 Å². The number of carboxylic acids is 1. The second-order valence-electron chi connectivity index (χ2n) is 8.17. The average Bonchev–Trinajstić information content (AvgIpc) is 3.38. The van der Waals surface area contributed by atoms with Gasteiger partial charge in [-0.1, -0.05) is 17.3 Å². The van der Waals surface area contributed by atoms with Gasteiger partial charge < -0.3 is 14.2 Å². The zero-order chi connectivity index (χ0) is 24.0. The van der Waals surface area contributed by atoms with E-state index in [1.165, 1.54) is 12.1 Å². The van der Waals surface area contributed by atoms with Crippen LogP contribution >= 0.6 is 0 Å². The Kier molecular flexibility index (Phi) is 5.20. The van der Waals surface area contributed by atoms with Gasteiger partial charge in [0.1, 0.15) is 11.6 Å². The maximum atomic E-state index is 14.1. The molecule has 1 aromatic carbocycles. The molecule has 170 valence electrons. The van der Waals surface area contributed by atoms with Gasteiger partial charge in [0.05, 0.1) is 34.0 Å². The summed E-state index contributed by atoms with van der Waals surface area (Å²) in [4.78, 5) is 20.8. The molecule has 0 fully saturated rings. The van der Waals surface area contributed by atoms with Crippen molar-refractivity contribution in [2.45, 2.75) is 26.8 Å². The maximum absolute atomic E-state index is 14.1. The molecule has 0 spiro atoms. The lowest BCUT2D eigenvalue weighted by Crippen LogP contribution is -2.07. The molecule has 34 heavy (non-hydrogen) atoms. The van der Waals surface area contributed by atoms with Crippen molar-refractivity contribution in [1.82, 2.24) is 19.7 Å². The highest BCUT2D eigenvalue weighted by Gasteiger charge is 2.21. The van der Waals surface area contributed by atoms with Crippen LogP contribution in [0.2, 0.25) is 0 Å². The zero-order valence-corrected chi connectivity index (χ0v) is 18.8. The maximum Gasteiger partial charge on any atom is 0.338 e. The van der Waals surface area contributed by atoms with Crippen molar-refractivity contribution < 1.29 is 18.8 Å². The number of hydrogen-bond donors (Lipinski definition) is 1. The molecule has 0 aliphatic carbocycles. The minimum Gasteiger partial charge on any atom is -0.478 e. The molecule has 8 heteroatoms. The highest BCUT2D eigenvalue weighted by molar-refractivity contribution is 5.97. The van der Waals surface area contributed by atoms with Gasteiger partial charge in [0, 0.05) is 35.3 Å². The van der Waals surface area contributed by atoms with E-state index in [1.807, 2.05) is 55.8 Å². The Morgan fingerprint density at radius 3 is 2.62 bits per heavy atom. The van der Waals surface area contributed by atoms with Crippen LogP contribution < -0.4 is 0 Å². The molecule has 5 rings (SSSR count). The fraction of sp³-hybridized carbons (Fsp3) is 0.154. The Bertz CT molecular complexity index is 1520. The SMILES string of the molecule is Cc1noc(C)c1-c1cnc2c(-c3ccc(F)c(C(=O)O)c3)cn([C@@H](C)c3ccccn3)c2c1. The number of aromatic carboxylic acids is 1. The first-order valence-electron chi connectivity index (χ1n) is 10.7. The summed E-state index contributed by atoms with van der Waals surface area (Å²) in [5, 5.41) is 13.5. The van der Waals surface area contributed by atoms with Crippen LogP contribution in [0.25, 0.3) is 33.3 Å². The van der Waals surface area contributed by atoms with Gasteiger partial charge in [-0.3, -0.25) is 9.97 Å². The number of benzene rings is 1. The van der Waals surface area contributed by atoms with E-state index in [-0.39, 0.29) is 11.6 Å². The predicted molar refractivity (Wildman–Crippen MR) is 125 cm³/mol. The van der Waals surface area contributed by atoms with E-state index in [0.29, 0.717) is 22.4 Å². The number of aromatic nitrogens is 4. The fourth-order valence-corrected chi connectivity index (χ4v) is 4.31. The molecule has 0 saturated carbocycles. The Hall–Kier alpha value is -4.33. The molecule has 5 aromatic rings. The Morgan fingerprint density at radius 1 is 1.12 bits per heavy atom. The minimum absolute atomic E-state index is 0.140. The van der Waals surface area contributed by atoms with Gasteiger partial charge in [-0.2, -0.15) is 0 Å². The lowest BCUT2D eigenvalue weighted by atomic mass is 10.0. The van der Waals surface area contributed by atoms with Gasteiger partial charge in [-0.05, 0) is 56.7 Å². The minimum atomic E-state index is -1.32. The monoisotopic (exact) mass is 456 g/mol. The number of halogens is 1. The number of aryl methyl sites for hydroxylation is 2. The van der Waals surface area contributed by atoms with E-state index in [2.05, 4.69) is 10.1 Å². The zero-order valence-electron chi connectivity index (χ0n) is 18.8. The largest absolute Gasteiger partial charge is 0.478 e. The molecule has 1 N–H and O–H groups in total. The van der Waals surface area contributed by atoms with Crippen molar-refractivity contribution in [3.8, 4) is 22.3 Å². The number of nitrogens with zero attached hydrogens (tertiary/aromatic N) is 4. The van der Waals surface area contributed by atoms with E-state index in [9.17, 15) is 14.3 Å². The Labute approximate surface area is 194 Å². The van der Waals surface area contributed by atoms with Crippen LogP contribution in [0.4, 0.5) is 4.39 Å². The van der Waals surface area contributed by atoms with Gasteiger partial charge in [-0.25, -0.2) is 9.18 Å². The number of carbonyl (C=O) groups is 1. The first-order chi connectivity index (χ1) is 16.3. The lowest BCUT2D eigenvalue weighted by Gasteiger charge is -2.15. The molecule has 0 unspecified atom stereocenters. The van der Waals surface area contributed by atoms with Gasteiger partial charge in [0.25, 0.3) is 0 Å². The summed E-state index contributed by atoms with van der Waals surface area (Å²) in [6.07, 6.45) is 5.40. The summed E-state index contributed by atoms with van der Waals surface area (Å²) in [6, 6.07) is 11.7. The first-order valence-corrected chi connectivity index (χ1v) is 10.7. The third-order valence-corrected chi connectivity index (χ3v) is 6.03. The summed E-state index contributed by atoms with van der Waals surface area (Å²) in [5.41, 5.74) is 5.73. The van der Waals surface area contributed by atoms with Crippen LogP contribution in [-0.4, -0.2) is 30.8 Å². The highest BCUT2D eigenvalue weighted by Crippen LogP contribution is 2.36. The summed E-state index contributed by atoms with van der Waals surface area (Å²) in [7, 11) is 0. The average molecular weight is 456 g/mol. The molecule has 0 bridgehead atoms. The summed E-state index contributed by atoms with van der Waals surface area (Å²) < 4.78 is 21.5. The van der Waals surface area contributed by atoms with Crippen LogP contribution in [0.3, 0.4) is 0 Å². The third-order valence-electron chi connectivity index (χ3n) is 6.03. The van der Waals surface area contributed by atoms with Gasteiger partial charge in [0.15, 0.2) is 0 Å². The lowest BCUT2D eigenvalue weighted by molar-refractivity contribution is 0.0692. The Balaban J connectivity index is 1.76. The van der Waals surface area contributed by atoms with Crippen LogP contribution in [0.15, 0.2) is 65.6 Å². The van der Waals surface area contributed by atoms with Crippen LogP contribution in [0.1, 0.15) is 40.5 Å². The molecule has 0 amide bonds. The number of carboxylic acid groups (broad SMARTS) is 1. The summed E-state index contributed by atoms with van der Waals surface area (Å²) in [5.74, 6) is -1.41. The van der Waals surface area contributed by atoms with E-state index in [0.717, 1.165) is 28.0 Å². The van der Waals surface area contributed by atoms with Crippen molar-refractivity contribution in [3.05, 3.63) is 89.6 Å². The van der Waals surface area contributed by atoms with Gasteiger partial charge >= 0.3 is 5.97 Å². The molecule has 0 saturated heterocycles. The molecule has 0 radical (unpaired) electrons. The standard InChI is InChI=1S/C26H21FN4O3/c1-14-24(16(3)34-30-14)18-11-23-25(29-12-18)20(17-7-8-21(27)19(10-17)26(32)33)13-31(23)15(2)22-6-4-5-9-28-22/h4-13,15H,1-3H3,(H,32,33)/t15-/m0/s1. The number of rotatable bonds is 5. The number of pyridine rings is 2. The van der Waals surface area contributed by atoms with Gasteiger partial charge in [-0.15, -0.1) is 0 Å². The quantitative estimate of drug-likeness (QED) is 0.358. The van der Waals surface area contributed by atoms with E-state index < -0.39 is 11.8 Å². The van der Waals surface area contributed by atoms with E-state index >= 15 is 0 Å². The molecule has 4 heterocycles. The first kappa shape index (κ1) is 21.5. The second-order valence-corrected chi connectivity index (χ2v) is 8.17. The molecule has 7 nitrogen and oxygen atoms in total. The topological polar surface area (TPSA) is 94.0 Å². The van der Waals surface area contributed by atoms with Crippen molar-refractivity contribution in [1.29, 1.82) is 0 Å². The molecule has 0 aliphatic heterocycles. The number of hydrogen-bond acceptors (Lipinski definition) is 5. The molecular formula is C26H21FN4O3. The van der Waals surface area contributed by atoms with Crippen LogP contribution in [-0.2, 0) is 0 Å². The predicted octanol–water partition coefficient (Wildman–Crippen LogP) is 5.82. The van der Waals surface area contributed by atoms with Crippen LogP contribution in [0.5, 0.6) is 0 Å². The normalized spacial score (nSPS) is 12.2. The van der Waals surface area contributed by atoms with E-state index in [4.69, 9.17) is 9.51 Å². The third kappa shape index (κ3) is 3.53. The number of fused-ring (bicyclic) bond motifs is 1. The fourth-order valence-electron chi connectivity index (χ4n) is 4.31. The molecule has 4 aromatic heterocycles. The van der Waals surface area contributed by atoms with Crippen LogP contribution in [0, 0.1) is 19.7 Å². The van der Waals surface area contributed by atoms with Crippen molar-refractivity contribution in [2.24, 2.45) is 0 Å². The van der Waals surface area contributed by atoms with Crippen molar-refractivity contribution >= 4 is 17.0 Å². The smallest absolute Gasteiger partial charge is 0.338 e.